The van der Waals surface area contributed by atoms with Crippen molar-refractivity contribution in [2.24, 2.45) is 18.7 Å². The van der Waals surface area contributed by atoms with Crippen LogP contribution in [0.2, 0.25) is 0 Å². The lowest BCUT2D eigenvalue weighted by Crippen LogP contribution is -2.19. The highest BCUT2D eigenvalue weighted by atomic mass is 15.1. The molecule has 1 aromatic carbocycles. The molecular weight excluding hydrogens is 222 g/mol. The molecule has 0 spiro atoms. The Hall–Kier alpha value is -1.35. The number of hydrogen-bond acceptors (Lipinski definition) is 2. The van der Waals surface area contributed by atoms with E-state index in [9.17, 15) is 0 Å². The highest BCUT2D eigenvalue weighted by Crippen LogP contribution is 2.39. The van der Waals surface area contributed by atoms with Gasteiger partial charge in [-0.25, -0.2) is 4.98 Å². The van der Waals surface area contributed by atoms with Crippen LogP contribution in [0.1, 0.15) is 36.6 Å². The number of aryl methyl sites for hydroxylation is 2. The highest BCUT2D eigenvalue weighted by Gasteiger charge is 2.31. The Labute approximate surface area is 108 Å². The van der Waals surface area contributed by atoms with Gasteiger partial charge < -0.3 is 10.3 Å². The molecule has 0 amide bonds. The molecule has 1 aliphatic rings. The average molecular weight is 243 g/mol. The van der Waals surface area contributed by atoms with E-state index in [2.05, 4.69) is 36.7 Å². The SMILES string of the molecule is Cc1cccc2nc(C3CCCC3CN)n(C)c12. The number of hydrogen-bond donors (Lipinski definition) is 1. The lowest BCUT2D eigenvalue weighted by Gasteiger charge is -2.17. The minimum absolute atomic E-state index is 0.548. The average Bonchev–Trinajstić information content (AvgIpc) is 2.94. The maximum Gasteiger partial charge on any atom is 0.113 e. The molecule has 0 saturated heterocycles. The first kappa shape index (κ1) is 11.7. The Morgan fingerprint density at radius 1 is 1.39 bits per heavy atom. The number of aromatic nitrogens is 2. The molecule has 0 bridgehead atoms. The van der Waals surface area contributed by atoms with E-state index in [-0.39, 0.29) is 0 Å². The Kier molecular flexibility index (Phi) is 2.86. The second-order valence-corrected chi connectivity index (χ2v) is 5.50. The normalized spacial score (nSPS) is 23.9. The third-order valence-electron chi connectivity index (χ3n) is 4.42. The van der Waals surface area contributed by atoms with Gasteiger partial charge in [-0.2, -0.15) is 0 Å². The van der Waals surface area contributed by atoms with Crippen molar-refractivity contribution in [2.45, 2.75) is 32.1 Å². The topological polar surface area (TPSA) is 43.8 Å². The standard InChI is InChI=1S/C15H21N3/c1-10-5-3-8-13-14(10)18(2)15(17-13)12-7-4-6-11(12)9-16/h3,5,8,11-12H,4,6-7,9,16H2,1-2H3. The molecule has 3 heteroatoms. The van der Waals surface area contributed by atoms with Gasteiger partial charge in [0.15, 0.2) is 0 Å². The first-order valence-electron chi connectivity index (χ1n) is 6.84. The third-order valence-corrected chi connectivity index (χ3v) is 4.42. The molecule has 18 heavy (non-hydrogen) atoms. The van der Waals surface area contributed by atoms with Gasteiger partial charge in [0.25, 0.3) is 0 Å². The number of benzene rings is 1. The fourth-order valence-electron chi connectivity index (χ4n) is 3.47. The van der Waals surface area contributed by atoms with Crippen molar-refractivity contribution in [3.8, 4) is 0 Å². The third kappa shape index (κ3) is 1.65. The van der Waals surface area contributed by atoms with Gasteiger partial charge in [-0.1, -0.05) is 18.6 Å². The summed E-state index contributed by atoms with van der Waals surface area (Å²) in [4.78, 5) is 4.86. The van der Waals surface area contributed by atoms with E-state index in [1.807, 2.05) is 0 Å². The smallest absolute Gasteiger partial charge is 0.113 e. The summed E-state index contributed by atoms with van der Waals surface area (Å²) in [6.07, 6.45) is 3.77. The molecule has 1 aromatic heterocycles. The Morgan fingerprint density at radius 3 is 2.94 bits per heavy atom. The van der Waals surface area contributed by atoms with Gasteiger partial charge in [0.2, 0.25) is 0 Å². The van der Waals surface area contributed by atoms with E-state index >= 15 is 0 Å². The van der Waals surface area contributed by atoms with Crippen LogP contribution in [0, 0.1) is 12.8 Å². The van der Waals surface area contributed by atoms with Crippen LogP contribution in [0.5, 0.6) is 0 Å². The van der Waals surface area contributed by atoms with Crippen LogP contribution in [0.25, 0.3) is 11.0 Å². The van der Waals surface area contributed by atoms with E-state index in [0.29, 0.717) is 11.8 Å². The quantitative estimate of drug-likeness (QED) is 0.881. The van der Waals surface area contributed by atoms with E-state index < -0.39 is 0 Å². The summed E-state index contributed by atoms with van der Waals surface area (Å²) in [5.74, 6) is 2.39. The van der Waals surface area contributed by atoms with Crippen LogP contribution in [0.4, 0.5) is 0 Å². The lowest BCUT2D eigenvalue weighted by atomic mass is 9.95. The summed E-state index contributed by atoms with van der Waals surface area (Å²) in [7, 11) is 2.14. The summed E-state index contributed by atoms with van der Waals surface area (Å²) in [5, 5.41) is 0. The minimum atomic E-state index is 0.548. The van der Waals surface area contributed by atoms with Gasteiger partial charge in [-0.3, -0.25) is 0 Å². The van der Waals surface area contributed by atoms with Crippen LogP contribution < -0.4 is 5.73 Å². The van der Waals surface area contributed by atoms with Crippen molar-refractivity contribution in [3.05, 3.63) is 29.6 Å². The molecular formula is C15H21N3. The van der Waals surface area contributed by atoms with Gasteiger partial charge in [0.1, 0.15) is 5.82 Å². The van der Waals surface area contributed by atoms with Crippen LogP contribution in [-0.2, 0) is 7.05 Å². The van der Waals surface area contributed by atoms with Crippen molar-refractivity contribution in [2.75, 3.05) is 6.54 Å². The predicted octanol–water partition coefficient (Wildman–Crippen LogP) is 2.72. The van der Waals surface area contributed by atoms with Gasteiger partial charge in [0.05, 0.1) is 11.0 Å². The fraction of sp³-hybridized carbons (Fsp3) is 0.533. The van der Waals surface area contributed by atoms with Crippen LogP contribution >= 0.6 is 0 Å². The molecule has 2 N–H and O–H groups in total. The second-order valence-electron chi connectivity index (χ2n) is 5.50. The molecule has 2 aromatic rings. The van der Waals surface area contributed by atoms with Crippen molar-refractivity contribution >= 4 is 11.0 Å². The number of nitrogens with zero attached hydrogens (tertiary/aromatic N) is 2. The van der Waals surface area contributed by atoms with E-state index in [1.54, 1.807) is 0 Å². The molecule has 96 valence electrons. The van der Waals surface area contributed by atoms with Crippen molar-refractivity contribution in [1.29, 1.82) is 0 Å². The fourth-order valence-corrected chi connectivity index (χ4v) is 3.47. The van der Waals surface area contributed by atoms with Gasteiger partial charge in [0, 0.05) is 13.0 Å². The molecule has 2 atom stereocenters. The van der Waals surface area contributed by atoms with E-state index in [0.717, 1.165) is 12.1 Å². The Bertz CT molecular complexity index is 570. The largest absolute Gasteiger partial charge is 0.331 e. The summed E-state index contributed by atoms with van der Waals surface area (Å²) >= 11 is 0. The van der Waals surface area contributed by atoms with Crippen LogP contribution in [-0.4, -0.2) is 16.1 Å². The zero-order chi connectivity index (χ0) is 12.7. The number of rotatable bonds is 2. The maximum atomic E-state index is 5.90. The molecule has 3 rings (SSSR count). The molecule has 1 aliphatic carbocycles. The monoisotopic (exact) mass is 243 g/mol. The molecule has 2 unspecified atom stereocenters. The minimum Gasteiger partial charge on any atom is -0.331 e. The first-order chi connectivity index (χ1) is 8.72. The molecule has 0 aliphatic heterocycles. The zero-order valence-corrected chi connectivity index (χ0v) is 11.2. The van der Waals surface area contributed by atoms with Gasteiger partial charge >= 0.3 is 0 Å². The Balaban J connectivity index is 2.13. The molecule has 1 saturated carbocycles. The maximum absolute atomic E-state index is 5.90. The van der Waals surface area contributed by atoms with E-state index in [1.165, 1.54) is 36.2 Å². The van der Waals surface area contributed by atoms with Gasteiger partial charge in [-0.15, -0.1) is 0 Å². The molecule has 3 nitrogen and oxygen atoms in total. The summed E-state index contributed by atoms with van der Waals surface area (Å²) in [6.45, 7) is 2.94. The highest BCUT2D eigenvalue weighted by molar-refractivity contribution is 5.79. The summed E-state index contributed by atoms with van der Waals surface area (Å²) in [6, 6.07) is 6.35. The number of nitrogens with two attached hydrogens (primary N) is 1. The number of fused-ring (bicyclic) bond motifs is 1. The lowest BCUT2D eigenvalue weighted by molar-refractivity contribution is 0.469. The van der Waals surface area contributed by atoms with Gasteiger partial charge in [-0.05, 0) is 43.9 Å². The van der Waals surface area contributed by atoms with Crippen molar-refractivity contribution in [1.82, 2.24) is 9.55 Å². The summed E-state index contributed by atoms with van der Waals surface area (Å²) in [5.41, 5.74) is 9.59. The predicted molar refractivity (Wildman–Crippen MR) is 74.6 cm³/mol. The molecule has 1 fully saturated rings. The number of imidazole rings is 1. The van der Waals surface area contributed by atoms with Crippen molar-refractivity contribution < 1.29 is 0 Å². The first-order valence-corrected chi connectivity index (χ1v) is 6.84. The van der Waals surface area contributed by atoms with Crippen LogP contribution in [0.15, 0.2) is 18.2 Å². The number of para-hydroxylation sites is 1. The van der Waals surface area contributed by atoms with E-state index in [4.69, 9.17) is 10.7 Å². The zero-order valence-electron chi connectivity index (χ0n) is 11.2. The molecule has 1 heterocycles. The Morgan fingerprint density at radius 2 is 2.22 bits per heavy atom. The second kappa shape index (κ2) is 4.39. The van der Waals surface area contributed by atoms with Crippen molar-refractivity contribution in [3.63, 3.8) is 0 Å². The van der Waals surface area contributed by atoms with Crippen LogP contribution in [0.3, 0.4) is 0 Å². The molecule has 0 radical (unpaired) electrons. The summed E-state index contributed by atoms with van der Waals surface area (Å²) < 4.78 is 2.28.